The summed E-state index contributed by atoms with van der Waals surface area (Å²) in [5, 5.41) is 0.872. The lowest BCUT2D eigenvalue weighted by molar-refractivity contribution is -0.140. The molecule has 0 atom stereocenters. The summed E-state index contributed by atoms with van der Waals surface area (Å²) in [5.74, 6) is -2.27. The van der Waals surface area contributed by atoms with Crippen LogP contribution in [0.5, 0.6) is 0 Å². The molecule has 0 aliphatic rings. The molecule has 0 saturated carbocycles. The number of rotatable bonds is 8. The number of halogens is 2. The number of aryl methyl sites for hydroxylation is 1. The topological polar surface area (TPSA) is 59.5 Å². The number of benzene rings is 1. The second-order valence-electron chi connectivity index (χ2n) is 6.92. The van der Waals surface area contributed by atoms with Crippen molar-refractivity contribution in [3.05, 3.63) is 51.0 Å². The molecule has 8 heteroatoms. The number of aromatic nitrogens is 1. The maximum absolute atomic E-state index is 13.6. The highest BCUT2D eigenvalue weighted by Crippen LogP contribution is 2.23. The number of hydrogen-bond donors (Lipinski definition) is 0. The van der Waals surface area contributed by atoms with Crippen LogP contribution in [0.2, 0.25) is 0 Å². The van der Waals surface area contributed by atoms with Gasteiger partial charge in [-0.1, -0.05) is 19.9 Å². The molecular formula is C20H24F2N2O3S. The number of amides is 1. The fourth-order valence-electron chi connectivity index (χ4n) is 2.67. The molecule has 0 radical (unpaired) electrons. The maximum atomic E-state index is 13.6. The quantitative estimate of drug-likeness (QED) is 0.614. The molecule has 0 bridgehead atoms. The summed E-state index contributed by atoms with van der Waals surface area (Å²) in [6.45, 7) is 6.06. The van der Waals surface area contributed by atoms with Crippen LogP contribution in [0, 0.1) is 24.5 Å². The summed E-state index contributed by atoms with van der Waals surface area (Å²) >= 11 is 1.33. The van der Waals surface area contributed by atoms with E-state index in [1.165, 1.54) is 29.4 Å². The van der Waals surface area contributed by atoms with Crippen molar-refractivity contribution in [3.8, 4) is 0 Å². The third-order valence-electron chi connectivity index (χ3n) is 4.08. The van der Waals surface area contributed by atoms with Crippen molar-refractivity contribution in [3.63, 3.8) is 0 Å². The van der Waals surface area contributed by atoms with Gasteiger partial charge in [-0.2, -0.15) is 0 Å². The zero-order valence-corrected chi connectivity index (χ0v) is 17.2. The average Bonchev–Trinajstić information content (AvgIpc) is 2.99. The first-order chi connectivity index (χ1) is 13.2. The third kappa shape index (κ3) is 5.82. The molecule has 1 aromatic heterocycles. The van der Waals surface area contributed by atoms with Gasteiger partial charge < -0.3 is 9.64 Å². The highest BCUT2D eigenvalue weighted by atomic mass is 32.1. The first-order valence-corrected chi connectivity index (χ1v) is 9.79. The Morgan fingerprint density at radius 2 is 1.96 bits per heavy atom. The predicted molar refractivity (Wildman–Crippen MR) is 103 cm³/mol. The molecule has 1 aromatic carbocycles. The van der Waals surface area contributed by atoms with E-state index in [9.17, 15) is 18.4 Å². The Hall–Kier alpha value is -2.35. The van der Waals surface area contributed by atoms with Gasteiger partial charge in [-0.3, -0.25) is 9.59 Å². The minimum absolute atomic E-state index is 0.00260. The van der Waals surface area contributed by atoms with E-state index in [1.807, 2.05) is 0 Å². The minimum Gasteiger partial charge on any atom is -0.469 e. The van der Waals surface area contributed by atoms with Crippen molar-refractivity contribution in [1.82, 2.24) is 9.88 Å². The molecule has 1 heterocycles. The van der Waals surface area contributed by atoms with Crippen LogP contribution in [0.3, 0.4) is 0 Å². The van der Waals surface area contributed by atoms with Gasteiger partial charge in [-0.25, -0.2) is 13.8 Å². The molecule has 0 aliphatic heterocycles. The monoisotopic (exact) mass is 410 g/mol. The number of thiazole rings is 1. The number of nitrogens with zero attached hydrogens (tertiary/aromatic N) is 2. The van der Waals surface area contributed by atoms with E-state index in [1.54, 1.807) is 6.92 Å². The second kappa shape index (κ2) is 9.73. The molecule has 28 heavy (non-hydrogen) atoms. The van der Waals surface area contributed by atoms with Crippen molar-refractivity contribution in [2.45, 2.75) is 40.2 Å². The van der Waals surface area contributed by atoms with Crippen LogP contribution >= 0.6 is 11.3 Å². The van der Waals surface area contributed by atoms with Gasteiger partial charge in [0.2, 0.25) is 0 Å². The second-order valence-corrected chi connectivity index (χ2v) is 8.01. The van der Waals surface area contributed by atoms with E-state index in [2.05, 4.69) is 23.6 Å². The van der Waals surface area contributed by atoms with E-state index in [0.29, 0.717) is 22.1 Å². The Morgan fingerprint density at radius 3 is 2.57 bits per heavy atom. The van der Waals surface area contributed by atoms with Crippen molar-refractivity contribution < 1.29 is 23.1 Å². The van der Waals surface area contributed by atoms with E-state index < -0.39 is 17.6 Å². The van der Waals surface area contributed by atoms with E-state index in [4.69, 9.17) is 0 Å². The molecule has 0 aliphatic carbocycles. The number of hydrogen-bond acceptors (Lipinski definition) is 5. The van der Waals surface area contributed by atoms with Gasteiger partial charge in [0, 0.05) is 19.5 Å². The fourth-order valence-corrected chi connectivity index (χ4v) is 3.91. The highest BCUT2D eigenvalue weighted by molar-refractivity contribution is 7.13. The standard InChI is InChI=1S/C20H24F2N2O3S/c1-12(2)9-17-23-13(3)19(28-17)20(26)24(8-7-18(25)27-4)11-14-5-6-15(21)16(22)10-14/h5-6,10,12H,7-9,11H2,1-4H3. The molecule has 2 aromatic rings. The molecule has 0 saturated heterocycles. The van der Waals surface area contributed by atoms with Crippen molar-refractivity contribution in [2.75, 3.05) is 13.7 Å². The fraction of sp³-hybridized carbons (Fsp3) is 0.450. The minimum atomic E-state index is -0.981. The Balaban J connectivity index is 2.26. The Labute approximate surface area is 167 Å². The van der Waals surface area contributed by atoms with Crippen molar-refractivity contribution in [1.29, 1.82) is 0 Å². The zero-order valence-electron chi connectivity index (χ0n) is 16.4. The lowest BCUT2D eigenvalue weighted by Gasteiger charge is -2.22. The van der Waals surface area contributed by atoms with Gasteiger partial charge in [0.25, 0.3) is 5.91 Å². The van der Waals surface area contributed by atoms with Crippen LogP contribution in [0.1, 0.15) is 46.2 Å². The predicted octanol–water partition coefficient (Wildman–Crippen LogP) is 4.13. The molecule has 5 nitrogen and oxygen atoms in total. The number of ether oxygens (including phenoxy) is 1. The Morgan fingerprint density at radius 1 is 1.25 bits per heavy atom. The highest BCUT2D eigenvalue weighted by Gasteiger charge is 2.23. The largest absolute Gasteiger partial charge is 0.469 e. The summed E-state index contributed by atoms with van der Waals surface area (Å²) < 4.78 is 31.4. The van der Waals surface area contributed by atoms with Gasteiger partial charge in [0.05, 0.1) is 24.2 Å². The summed E-state index contributed by atoms with van der Waals surface area (Å²) in [5.41, 5.74) is 1.06. The Bertz CT molecular complexity index is 852. The lowest BCUT2D eigenvalue weighted by atomic mass is 10.1. The van der Waals surface area contributed by atoms with Crippen molar-refractivity contribution in [2.24, 2.45) is 5.92 Å². The molecule has 2 rings (SSSR count). The van der Waals surface area contributed by atoms with E-state index >= 15 is 0 Å². The SMILES string of the molecule is COC(=O)CCN(Cc1ccc(F)c(F)c1)C(=O)c1sc(CC(C)C)nc1C. The van der Waals surface area contributed by atoms with Gasteiger partial charge >= 0.3 is 5.97 Å². The Kier molecular flexibility index (Phi) is 7.62. The van der Waals surface area contributed by atoms with Crippen LogP contribution in [-0.2, 0) is 22.5 Å². The van der Waals surface area contributed by atoms with Crippen LogP contribution in [0.25, 0.3) is 0 Å². The molecule has 152 valence electrons. The van der Waals surface area contributed by atoms with Crippen molar-refractivity contribution >= 4 is 23.2 Å². The lowest BCUT2D eigenvalue weighted by Crippen LogP contribution is -2.32. The molecule has 1 amide bonds. The summed E-state index contributed by atoms with van der Waals surface area (Å²) in [6.07, 6.45) is 0.771. The summed E-state index contributed by atoms with van der Waals surface area (Å²) in [7, 11) is 1.27. The molecule has 0 unspecified atom stereocenters. The van der Waals surface area contributed by atoms with Gasteiger partial charge in [-0.05, 0) is 30.5 Å². The number of carbonyl (C=O) groups is 2. The van der Waals surface area contributed by atoms with E-state index in [-0.39, 0.29) is 25.4 Å². The van der Waals surface area contributed by atoms with Gasteiger partial charge in [0.15, 0.2) is 11.6 Å². The maximum Gasteiger partial charge on any atom is 0.307 e. The third-order valence-corrected chi connectivity index (χ3v) is 5.24. The summed E-state index contributed by atoms with van der Waals surface area (Å²) in [4.78, 5) is 31.0. The van der Waals surface area contributed by atoms with Gasteiger partial charge in [0.1, 0.15) is 4.88 Å². The van der Waals surface area contributed by atoms with Crippen LogP contribution in [0.15, 0.2) is 18.2 Å². The molecule has 0 spiro atoms. The molecule has 0 N–H and O–H groups in total. The van der Waals surface area contributed by atoms with Crippen LogP contribution < -0.4 is 0 Å². The first kappa shape index (κ1) is 21.9. The summed E-state index contributed by atoms with van der Waals surface area (Å²) in [6, 6.07) is 3.49. The average molecular weight is 410 g/mol. The molecule has 0 fully saturated rings. The van der Waals surface area contributed by atoms with E-state index in [0.717, 1.165) is 23.6 Å². The van der Waals surface area contributed by atoms with Crippen LogP contribution in [0.4, 0.5) is 8.78 Å². The number of esters is 1. The number of methoxy groups -OCH3 is 1. The van der Waals surface area contributed by atoms with Gasteiger partial charge in [-0.15, -0.1) is 11.3 Å². The molecular weight excluding hydrogens is 386 g/mol. The van der Waals surface area contributed by atoms with Crippen LogP contribution in [-0.4, -0.2) is 35.4 Å². The first-order valence-electron chi connectivity index (χ1n) is 8.97. The normalized spacial score (nSPS) is 11.0. The zero-order chi connectivity index (χ0) is 20.8. The number of carbonyl (C=O) groups excluding carboxylic acids is 2. The smallest absolute Gasteiger partial charge is 0.307 e.